The van der Waals surface area contributed by atoms with Crippen LogP contribution in [-0.2, 0) is 6.54 Å². The Hall–Kier alpha value is -1.32. The van der Waals surface area contributed by atoms with Crippen LogP contribution >= 0.6 is 11.3 Å². The number of nitrogens with one attached hydrogen (secondary N) is 1. The van der Waals surface area contributed by atoms with Crippen molar-refractivity contribution in [1.82, 2.24) is 5.32 Å². The van der Waals surface area contributed by atoms with Crippen molar-refractivity contribution in [2.75, 3.05) is 6.54 Å². The van der Waals surface area contributed by atoms with Gasteiger partial charge in [-0.1, -0.05) is 6.08 Å². The van der Waals surface area contributed by atoms with Gasteiger partial charge >= 0.3 is 0 Å². The molecule has 2 aromatic rings. The van der Waals surface area contributed by atoms with Crippen LogP contribution in [0.5, 0.6) is 0 Å². The first kappa shape index (κ1) is 11.2. The molecular weight excluding hydrogens is 218 g/mol. The molecule has 1 N–H and O–H groups in total. The summed E-state index contributed by atoms with van der Waals surface area (Å²) in [4.78, 5) is 2.74. The fourth-order valence-electron chi connectivity index (χ4n) is 1.42. The van der Waals surface area contributed by atoms with Crippen molar-refractivity contribution in [3.63, 3.8) is 0 Å². The maximum Gasteiger partial charge on any atom is 0.126 e. The van der Waals surface area contributed by atoms with E-state index < -0.39 is 0 Å². The van der Waals surface area contributed by atoms with E-state index in [1.807, 2.05) is 29.5 Å². The first-order chi connectivity index (χ1) is 7.84. The lowest BCUT2D eigenvalue weighted by Crippen LogP contribution is -2.11. The SMILES string of the molecule is Cc1ccc(CNC/C=C/c2ccco2)s1. The van der Waals surface area contributed by atoms with E-state index in [0.717, 1.165) is 18.8 Å². The summed E-state index contributed by atoms with van der Waals surface area (Å²) in [5.74, 6) is 0.897. The van der Waals surface area contributed by atoms with Gasteiger partial charge in [-0.3, -0.25) is 0 Å². The Labute approximate surface area is 99.6 Å². The van der Waals surface area contributed by atoms with Crippen molar-refractivity contribution in [2.45, 2.75) is 13.5 Å². The quantitative estimate of drug-likeness (QED) is 0.800. The molecule has 0 saturated carbocycles. The summed E-state index contributed by atoms with van der Waals surface area (Å²) in [6.07, 6.45) is 5.73. The lowest BCUT2D eigenvalue weighted by molar-refractivity contribution is 0.556. The van der Waals surface area contributed by atoms with Gasteiger partial charge < -0.3 is 9.73 Å². The van der Waals surface area contributed by atoms with Gasteiger partial charge in [-0.2, -0.15) is 0 Å². The van der Waals surface area contributed by atoms with Gasteiger partial charge in [-0.25, -0.2) is 0 Å². The number of thiophene rings is 1. The van der Waals surface area contributed by atoms with E-state index in [1.165, 1.54) is 9.75 Å². The minimum Gasteiger partial charge on any atom is -0.465 e. The topological polar surface area (TPSA) is 25.2 Å². The Balaban J connectivity index is 1.69. The molecule has 0 aliphatic rings. The van der Waals surface area contributed by atoms with E-state index >= 15 is 0 Å². The van der Waals surface area contributed by atoms with Gasteiger partial charge in [-0.15, -0.1) is 11.3 Å². The third-order valence-electron chi connectivity index (χ3n) is 2.18. The molecule has 3 heteroatoms. The summed E-state index contributed by atoms with van der Waals surface area (Å²) in [6, 6.07) is 8.16. The third-order valence-corrected chi connectivity index (χ3v) is 3.18. The van der Waals surface area contributed by atoms with Gasteiger partial charge in [0.05, 0.1) is 6.26 Å². The van der Waals surface area contributed by atoms with E-state index in [2.05, 4.69) is 30.4 Å². The predicted molar refractivity (Wildman–Crippen MR) is 68.5 cm³/mol. The second kappa shape index (κ2) is 5.68. The fraction of sp³-hybridized carbons (Fsp3) is 0.231. The van der Waals surface area contributed by atoms with Crippen LogP contribution in [0.15, 0.2) is 41.0 Å². The number of rotatable bonds is 5. The van der Waals surface area contributed by atoms with Gasteiger partial charge in [0, 0.05) is 22.8 Å². The van der Waals surface area contributed by atoms with Crippen LogP contribution < -0.4 is 5.32 Å². The summed E-state index contributed by atoms with van der Waals surface area (Å²) in [5.41, 5.74) is 0. The first-order valence-corrected chi connectivity index (χ1v) is 6.12. The molecule has 0 saturated heterocycles. The molecule has 0 amide bonds. The van der Waals surface area contributed by atoms with Crippen LogP contribution in [0.2, 0.25) is 0 Å². The van der Waals surface area contributed by atoms with E-state index in [4.69, 9.17) is 4.42 Å². The van der Waals surface area contributed by atoms with E-state index in [-0.39, 0.29) is 0 Å². The van der Waals surface area contributed by atoms with Gasteiger partial charge in [-0.05, 0) is 37.3 Å². The second-order valence-electron chi connectivity index (χ2n) is 3.56. The van der Waals surface area contributed by atoms with Crippen LogP contribution in [0.25, 0.3) is 6.08 Å². The molecule has 0 atom stereocenters. The van der Waals surface area contributed by atoms with Crippen molar-refractivity contribution in [1.29, 1.82) is 0 Å². The molecule has 2 nitrogen and oxygen atoms in total. The van der Waals surface area contributed by atoms with E-state index in [1.54, 1.807) is 6.26 Å². The highest BCUT2D eigenvalue weighted by atomic mass is 32.1. The smallest absolute Gasteiger partial charge is 0.126 e. The van der Waals surface area contributed by atoms with E-state index in [0.29, 0.717) is 0 Å². The molecule has 0 fully saturated rings. The summed E-state index contributed by atoms with van der Waals surface area (Å²) >= 11 is 1.84. The molecule has 2 aromatic heterocycles. The molecule has 0 bridgehead atoms. The van der Waals surface area contributed by atoms with Crippen LogP contribution in [-0.4, -0.2) is 6.54 Å². The summed E-state index contributed by atoms with van der Waals surface area (Å²) in [7, 11) is 0. The first-order valence-electron chi connectivity index (χ1n) is 5.31. The molecule has 0 aliphatic carbocycles. The number of hydrogen-bond donors (Lipinski definition) is 1. The average molecular weight is 233 g/mol. The summed E-state index contributed by atoms with van der Waals surface area (Å²) < 4.78 is 5.19. The third kappa shape index (κ3) is 3.36. The maximum absolute atomic E-state index is 5.19. The lowest BCUT2D eigenvalue weighted by atomic mass is 10.4. The highest BCUT2D eigenvalue weighted by molar-refractivity contribution is 7.11. The zero-order valence-corrected chi connectivity index (χ0v) is 10.1. The molecule has 0 aromatic carbocycles. The number of aryl methyl sites for hydroxylation is 1. The number of furan rings is 1. The predicted octanol–water partition coefficient (Wildman–Crippen LogP) is 3.45. The fourth-order valence-corrected chi connectivity index (χ4v) is 2.28. The van der Waals surface area contributed by atoms with Crippen LogP contribution in [0, 0.1) is 6.92 Å². The van der Waals surface area contributed by atoms with Crippen LogP contribution in [0.4, 0.5) is 0 Å². The van der Waals surface area contributed by atoms with Gasteiger partial charge in [0.15, 0.2) is 0 Å². The normalized spacial score (nSPS) is 11.3. The van der Waals surface area contributed by atoms with Crippen molar-refractivity contribution in [2.24, 2.45) is 0 Å². The summed E-state index contributed by atoms with van der Waals surface area (Å²) in [6.45, 7) is 3.92. The molecule has 0 aliphatic heterocycles. The monoisotopic (exact) mass is 233 g/mol. The largest absolute Gasteiger partial charge is 0.465 e. The van der Waals surface area contributed by atoms with Crippen molar-refractivity contribution < 1.29 is 4.42 Å². The van der Waals surface area contributed by atoms with Crippen LogP contribution in [0.3, 0.4) is 0 Å². The maximum atomic E-state index is 5.19. The van der Waals surface area contributed by atoms with Crippen LogP contribution in [0.1, 0.15) is 15.5 Å². The summed E-state index contributed by atoms with van der Waals surface area (Å²) in [5, 5.41) is 3.36. The molecule has 0 unspecified atom stereocenters. The molecule has 84 valence electrons. The Morgan fingerprint density at radius 3 is 3.00 bits per heavy atom. The highest BCUT2D eigenvalue weighted by Gasteiger charge is 1.94. The standard InChI is InChI=1S/C13H15NOS/c1-11-6-7-13(16-11)10-14-8-2-4-12-5-3-9-15-12/h2-7,9,14H,8,10H2,1H3/b4-2+. The highest BCUT2D eigenvalue weighted by Crippen LogP contribution is 2.14. The Bertz CT molecular complexity index is 442. The minimum absolute atomic E-state index is 0.859. The van der Waals surface area contributed by atoms with Gasteiger partial charge in [0.25, 0.3) is 0 Å². The lowest BCUT2D eigenvalue weighted by Gasteiger charge is -1.97. The Morgan fingerprint density at radius 1 is 1.38 bits per heavy atom. The molecule has 0 radical (unpaired) electrons. The van der Waals surface area contributed by atoms with Gasteiger partial charge in [0.1, 0.15) is 5.76 Å². The Kier molecular flexibility index (Phi) is 3.97. The minimum atomic E-state index is 0.859. The zero-order chi connectivity index (χ0) is 11.2. The van der Waals surface area contributed by atoms with Crippen molar-refractivity contribution in [3.05, 3.63) is 52.1 Å². The molecular formula is C13H15NOS. The zero-order valence-electron chi connectivity index (χ0n) is 9.27. The molecule has 2 rings (SSSR count). The van der Waals surface area contributed by atoms with Crippen molar-refractivity contribution >= 4 is 17.4 Å². The van der Waals surface area contributed by atoms with E-state index in [9.17, 15) is 0 Å². The average Bonchev–Trinajstić information content (AvgIpc) is 2.89. The van der Waals surface area contributed by atoms with Gasteiger partial charge in [0.2, 0.25) is 0 Å². The molecule has 2 heterocycles. The Morgan fingerprint density at radius 2 is 2.31 bits per heavy atom. The molecule has 0 spiro atoms. The number of hydrogen-bond acceptors (Lipinski definition) is 3. The second-order valence-corrected chi connectivity index (χ2v) is 4.93. The molecule has 16 heavy (non-hydrogen) atoms. The van der Waals surface area contributed by atoms with Crippen molar-refractivity contribution in [3.8, 4) is 0 Å².